The maximum Gasteiger partial charge on any atom is 0.247 e. The number of nitrogens with zero attached hydrogens (tertiary/aromatic N) is 2. The van der Waals surface area contributed by atoms with Crippen LogP contribution in [0.25, 0.3) is 11.5 Å². The zero-order chi connectivity index (χ0) is 18.0. The lowest BCUT2D eigenvalue weighted by molar-refractivity contribution is 0.0546. The second-order valence-electron chi connectivity index (χ2n) is 6.34. The van der Waals surface area contributed by atoms with Crippen LogP contribution >= 0.6 is 0 Å². The molecule has 5 nitrogen and oxygen atoms in total. The Morgan fingerprint density at radius 2 is 1.65 bits per heavy atom. The number of aromatic nitrogens is 2. The van der Waals surface area contributed by atoms with Crippen LogP contribution in [0.1, 0.15) is 24.3 Å². The lowest BCUT2D eigenvalue weighted by Crippen LogP contribution is -2.35. The van der Waals surface area contributed by atoms with Gasteiger partial charge in [-0.3, -0.25) is 0 Å². The highest BCUT2D eigenvalue weighted by Gasteiger charge is 2.41. The van der Waals surface area contributed by atoms with Gasteiger partial charge in [0.05, 0.1) is 12.5 Å². The molecule has 2 heterocycles. The number of ether oxygens (including phenoxy) is 2. The van der Waals surface area contributed by atoms with Gasteiger partial charge in [-0.25, -0.2) is 4.39 Å². The summed E-state index contributed by atoms with van der Waals surface area (Å²) < 4.78 is 30.0. The third-order valence-corrected chi connectivity index (χ3v) is 4.91. The van der Waals surface area contributed by atoms with E-state index < -0.39 is 5.41 Å². The second kappa shape index (κ2) is 6.88. The van der Waals surface area contributed by atoms with Crippen molar-refractivity contribution in [3.8, 4) is 17.2 Å². The van der Waals surface area contributed by atoms with Gasteiger partial charge in [0.15, 0.2) is 0 Å². The zero-order valence-corrected chi connectivity index (χ0v) is 14.4. The largest absolute Gasteiger partial charge is 0.497 e. The minimum absolute atomic E-state index is 0.298. The molecule has 1 aliphatic rings. The number of methoxy groups -OCH3 is 1. The summed E-state index contributed by atoms with van der Waals surface area (Å²) in [5.41, 5.74) is 1.40. The second-order valence-corrected chi connectivity index (χ2v) is 6.34. The van der Waals surface area contributed by atoms with Crippen LogP contribution in [0.4, 0.5) is 4.39 Å². The fraction of sp³-hybridized carbons (Fsp3) is 0.300. The minimum atomic E-state index is -0.393. The maximum absolute atomic E-state index is 13.2. The van der Waals surface area contributed by atoms with E-state index in [-0.39, 0.29) is 5.82 Å². The standard InChI is InChI=1S/C20H19FN2O3/c1-24-17-8-4-15(5-9-17)20(10-12-25-13-11-20)19-23-22-18(26-19)14-2-6-16(21)7-3-14/h2-9H,10-13H2,1H3. The Morgan fingerprint density at radius 3 is 2.31 bits per heavy atom. The summed E-state index contributed by atoms with van der Waals surface area (Å²) in [6, 6.07) is 14.0. The van der Waals surface area contributed by atoms with Gasteiger partial charge < -0.3 is 13.9 Å². The van der Waals surface area contributed by atoms with Crippen LogP contribution in [0.15, 0.2) is 52.9 Å². The lowest BCUT2D eigenvalue weighted by atomic mass is 9.74. The molecular formula is C20H19FN2O3. The third-order valence-electron chi connectivity index (χ3n) is 4.91. The van der Waals surface area contributed by atoms with E-state index >= 15 is 0 Å². The molecule has 2 aromatic carbocycles. The first-order valence-corrected chi connectivity index (χ1v) is 8.53. The quantitative estimate of drug-likeness (QED) is 0.709. The van der Waals surface area contributed by atoms with Crippen LogP contribution in [-0.4, -0.2) is 30.5 Å². The van der Waals surface area contributed by atoms with Crippen LogP contribution < -0.4 is 4.74 Å². The lowest BCUT2D eigenvalue weighted by Gasteiger charge is -2.34. The topological polar surface area (TPSA) is 57.4 Å². The predicted molar refractivity (Wildman–Crippen MR) is 93.5 cm³/mol. The molecule has 26 heavy (non-hydrogen) atoms. The Kier molecular flexibility index (Phi) is 4.42. The molecule has 0 bridgehead atoms. The summed E-state index contributed by atoms with van der Waals surface area (Å²) >= 11 is 0. The minimum Gasteiger partial charge on any atom is -0.497 e. The Labute approximate surface area is 150 Å². The molecule has 0 radical (unpaired) electrons. The molecule has 3 aromatic rings. The summed E-state index contributed by atoms with van der Waals surface area (Å²) in [4.78, 5) is 0. The average Bonchev–Trinajstić information content (AvgIpc) is 3.20. The molecule has 0 amide bonds. The number of hydrogen-bond donors (Lipinski definition) is 0. The molecular weight excluding hydrogens is 335 g/mol. The number of halogens is 1. The zero-order valence-electron chi connectivity index (χ0n) is 14.4. The van der Waals surface area contributed by atoms with Crippen molar-refractivity contribution in [3.05, 3.63) is 65.8 Å². The van der Waals surface area contributed by atoms with Crippen molar-refractivity contribution < 1.29 is 18.3 Å². The summed E-state index contributed by atoms with van der Waals surface area (Å²) in [6.45, 7) is 1.25. The van der Waals surface area contributed by atoms with E-state index in [1.54, 1.807) is 19.2 Å². The molecule has 1 saturated heterocycles. The summed E-state index contributed by atoms with van der Waals surface area (Å²) in [6.07, 6.45) is 1.51. The Balaban J connectivity index is 1.74. The molecule has 134 valence electrons. The van der Waals surface area contributed by atoms with Crippen molar-refractivity contribution in [3.63, 3.8) is 0 Å². The van der Waals surface area contributed by atoms with E-state index in [2.05, 4.69) is 10.2 Å². The molecule has 1 aromatic heterocycles. The van der Waals surface area contributed by atoms with Gasteiger partial charge in [0.2, 0.25) is 11.8 Å². The van der Waals surface area contributed by atoms with E-state index in [1.165, 1.54) is 12.1 Å². The first-order chi connectivity index (χ1) is 12.7. The molecule has 0 aliphatic carbocycles. The molecule has 0 atom stereocenters. The number of rotatable bonds is 4. The fourth-order valence-electron chi connectivity index (χ4n) is 3.38. The third kappa shape index (κ3) is 2.97. The first-order valence-electron chi connectivity index (χ1n) is 8.53. The first kappa shape index (κ1) is 16.7. The van der Waals surface area contributed by atoms with Gasteiger partial charge in [-0.2, -0.15) is 0 Å². The molecule has 6 heteroatoms. The highest BCUT2D eigenvalue weighted by Crippen LogP contribution is 2.41. The maximum atomic E-state index is 13.2. The van der Waals surface area contributed by atoms with Gasteiger partial charge in [-0.1, -0.05) is 12.1 Å². The molecule has 0 spiro atoms. The SMILES string of the molecule is COc1ccc(C2(c3nnc(-c4ccc(F)cc4)o3)CCOCC2)cc1. The summed E-state index contributed by atoms with van der Waals surface area (Å²) in [7, 11) is 1.65. The molecule has 1 fully saturated rings. The number of hydrogen-bond acceptors (Lipinski definition) is 5. The average molecular weight is 354 g/mol. The fourth-order valence-corrected chi connectivity index (χ4v) is 3.38. The van der Waals surface area contributed by atoms with Crippen molar-refractivity contribution in [2.75, 3.05) is 20.3 Å². The molecule has 0 N–H and O–H groups in total. The Hall–Kier alpha value is -2.73. The normalized spacial score (nSPS) is 16.4. The van der Waals surface area contributed by atoms with Crippen LogP contribution in [0.2, 0.25) is 0 Å². The van der Waals surface area contributed by atoms with Crippen LogP contribution in [0, 0.1) is 5.82 Å². The summed E-state index contributed by atoms with van der Waals surface area (Å²) in [5.74, 6) is 1.45. The predicted octanol–water partition coefficient (Wildman–Crippen LogP) is 3.98. The van der Waals surface area contributed by atoms with E-state index in [0.29, 0.717) is 30.6 Å². The van der Waals surface area contributed by atoms with E-state index in [4.69, 9.17) is 13.9 Å². The van der Waals surface area contributed by atoms with Crippen LogP contribution in [-0.2, 0) is 10.2 Å². The van der Waals surface area contributed by atoms with Crippen molar-refractivity contribution in [1.82, 2.24) is 10.2 Å². The summed E-state index contributed by atoms with van der Waals surface area (Å²) in [5, 5.41) is 8.52. The van der Waals surface area contributed by atoms with E-state index in [0.717, 1.165) is 24.2 Å². The monoisotopic (exact) mass is 354 g/mol. The molecule has 0 unspecified atom stereocenters. The van der Waals surface area contributed by atoms with E-state index in [1.807, 2.05) is 24.3 Å². The smallest absolute Gasteiger partial charge is 0.247 e. The van der Waals surface area contributed by atoms with Gasteiger partial charge >= 0.3 is 0 Å². The van der Waals surface area contributed by atoms with Gasteiger partial charge in [0, 0.05) is 18.8 Å². The van der Waals surface area contributed by atoms with Crippen molar-refractivity contribution in [2.24, 2.45) is 0 Å². The Bertz CT molecular complexity index is 869. The highest BCUT2D eigenvalue weighted by molar-refractivity contribution is 5.52. The van der Waals surface area contributed by atoms with Crippen LogP contribution in [0.5, 0.6) is 5.75 Å². The van der Waals surface area contributed by atoms with Gasteiger partial charge in [0.25, 0.3) is 0 Å². The Morgan fingerprint density at radius 1 is 0.962 bits per heavy atom. The highest BCUT2D eigenvalue weighted by atomic mass is 19.1. The van der Waals surface area contributed by atoms with Crippen molar-refractivity contribution >= 4 is 0 Å². The molecule has 4 rings (SSSR count). The molecule has 0 saturated carbocycles. The molecule has 1 aliphatic heterocycles. The van der Waals surface area contributed by atoms with E-state index in [9.17, 15) is 4.39 Å². The number of benzene rings is 2. The van der Waals surface area contributed by atoms with Crippen molar-refractivity contribution in [1.29, 1.82) is 0 Å². The van der Waals surface area contributed by atoms with Gasteiger partial charge in [0.1, 0.15) is 11.6 Å². The van der Waals surface area contributed by atoms with Gasteiger partial charge in [-0.15, -0.1) is 10.2 Å². The van der Waals surface area contributed by atoms with Gasteiger partial charge in [-0.05, 0) is 54.8 Å². The van der Waals surface area contributed by atoms with Crippen molar-refractivity contribution in [2.45, 2.75) is 18.3 Å². The van der Waals surface area contributed by atoms with Crippen LogP contribution in [0.3, 0.4) is 0 Å².